The quantitative estimate of drug-likeness (QED) is 0.463. The van der Waals surface area contributed by atoms with Crippen molar-refractivity contribution in [1.29, 1.82) is 0 Å². The zero-order valence-electron chi connectivity index (χ0n) is 17.3. The van der Waals surface area contributed by atoms with Crippen LogP contribution in [0.15, 0.2) is 36.5 Å². The van der Waals surface area contributed by atoms with E-state index in [2.05, 4.69) is 38.2 Å². The summed E-state index contributed by atoms with van der Waals surface area (Å²) in [5, 5.41) is 6.67. The second-order valence-corrected chi connectivity index (χ2v) is 8.81. The van der Waals surface area contributed by atoms with E-state index in [0.717, 1.165) is 3.57 Å². The van der Waals surface area contributed by atoms with Crippen molar-refractivity contribution in [3.05, 3.63) is 51.5 Å². The molecule has 1 amide bonds. The van der Waals surface area contributed by atoms with Gasteiger partial charge < -0.3 is 24.7 Å². The molecule has 10 heteroatoms. The minimum Gasteiger partial charge on any atom is -0.349 e. The maximum atomic E-state index is 14.5. The van der Waals surface area contributed by atoms with Crippen molar-refractivity contribution < 1.29 is 18.7 Å². The predicted octanol–water partition coefficient (Wildman–Crippen LogP) is 4.05. The number of nitrogens with one attached hydrogen (secondary N) is 2. The Morgan fingerprint density at radius 1 is 1.39 bits per heavy atom. The maximum absolute atomic E-state index is 14.5. The SMILES string of the molecule is Cn1c(Nc2ccc(I)cc2F)c(C(=O)NC[C@H]2COC(C)(C)O2)c2cccnc21.S. The number of aromatic nitrogens is 2. The van der Waals surface area contributed by atoms with Gasteiger partial charge in [0.05, 0.1) is 17.9 Å². The second kappa shape index (κ2) is 9.31. The molecule has 31 heavy (non-hydrogen) atoms. The molecule has 1 aliphatic heterocycles. The van der Waals surface area contributed by atoms with E-state index >= 15 is 0 Å². The number of fused-ring (bicyclic) bond motifs is 1. The lowest BCUT2D eigenvalue weighted by molar-refractivity contribution is -0.137. The molecule has 1 fully saturated rings. The molecular formula is C21H24FIN4O3S. The first-order valence-electron chi connectivity index (χ1n) is 9.50. The predicted molar refractivity (Wildman–Crippen MR) is 131 cm³/mol. The smallest absolute Gasteiger partial charge is 0.255 e. The summed E-state index contributed by atoms with van der Waals surface area (Å²) >= 11 is 2.05. The average molecular weight is 558 g/mol. The van der Waals surface area contributed by atoms with Gasteiger partial charge >= 0.3 is 0 Å². The zero-order valence-corrected chi connectivity index (χ0v) is 20.5. The number of hydrogen-bond donors (Lipinski definition) is 2. The van der Waals surface area contributed by atoms with Crippen LogP contribution in [0.5, 0.6) is 0 Å². The summed E-state index contributed by atoms with van der Waals surface area (Å²) in [6.45, 7) is 4.38. The van der Waals surface area contributed by atoms with Gasteiger partial charge in [0.15, 0.2) is 5.79 Å². The Kier molecular flexibility index (Phi) is 7.14. The summed E-state index contributed by atoms with van der Waals surface area (Å²) < 4.78 is 28.3. The number of rotatable bonds is 5. The van der Waals surface area contributed by atoms with Crippen molar-refractivity contribution in [3.63, 3.8) is 0 Å². The van der Waals surface area contributed by atoms with Crippen molar-refractivity contribution in [2.75, 3.05) is 18.5 Å². The van der Waals surface area contributed by atoms with Crippen LogP contribution in [-0.2, 0) is 16.5 Å². The van der Waals surface area contributed by atoms with Crippen LogP contribution in [0, 0.1) is 9.39 Å². The van der Waals surface area contributed by atoms with Gasteiger partial charge in [0.1, 0.15) is 23.4 Å². The third-order valence-corrected chi connectivity index (χ3v) is 5.59. The highest BCUT2D eigenvalue weighted by atomic mass is 127. The molecule has 2 N–H and O–H groups in total. The first-order valence-corrected chi connectivity index (χ1v) is 10.6. The fourth-order valence-electron chi connectivity index (χ4n) is 3.51. The molecule has 1 aromatic carbocycles. The van der Waals surface area contributed by atoms with Crippen LogP contribution in [0.3, 0.4) is 0 Å². The molecule has 0 saturated carbocycles. The van der Waals surface area contributed by atoms with Crippen molar-refractivity contribution >= 4 is 64.5 Å². The number of anilines is 2. The average Bonchev–Trinajstić information content (AvgIpc) is 3.19. The highest BCUT2D eigenvalue weighted by Crippen LogP contribution is 2.32. The fraction of sp³-hybridized carbons (Fsp3) is 0.333. The molecule has 1 aliphatic rings. The molecule has 2 aromatic heterocycles. The lowest BCUT2D eigenvalue weighted by atomic mass is 10.2. The Labute approximate surface area is 200 Å². The molecule has 3 heterocycles. The Morgan fingerprint density at radius 3 is 2.84 bits per heavy atom. The van der Waals surface area contributed by atoms with Crippen LogP contribution >= 0.6 is 36.1 Å². The molecule has 7 nitrogen and oxygen atoms in total. The van der Waals surface area contributed by atoms with E-state index in [4.69, 9.17) is 9.47 Å². The highest BCUT2D eigenvalue weighted by molar-refractivity contribution is 14.1. The van der Waals surface area contributed by atoms with Crippen molar-refractivity contribution in [1.82, 2.24) is 14.9 Å². The molecule has 0 spiro atoms. The Hall–Kier alpha value is -1.89. The van der Waals surface area contributed by atoms with E-state index in [-0.39, 0.29) is 31.2 Å². The number of hydrogen-bond acceptors (Lipinski definition) is 5. The summed E-state index contributed by atoms with van der Waals surface area (Å²) in [5.74, 6) is -0.890. The number of pyridine rings is 1. The van der Waals surface area contributed by atoms with Gasteiger partial charge in [-0.3, -0.25) is 4.79 Å². The topological polar surface area (TPSA) is 77.4 Å². The van der Waals surface area contributed by atoms with Gasteiger partial charge in [-0.05, 0) is 66.8 Å². The molecule has 166 valence electrons. The Morgan fingerprint density at radius 2 is 2.16 bits per heavy atom. The number of carbonyl (C=O) groups excluding carboxylic acids is 1. The zero-order chi connectivity index (χ0) is 21.5. The molecule has 0 radical (unpaired) electrons. The number of nitrogens with zero attached hydrogens (tertiary/aromatic N) is 2. The lowest BCUT2D eigenvalue weighted by Crippen LogP contribution is -2.34. The van der Waals surface area contributed by atoms with Crippen molar-refractivity contribution in [3.8, 4) is 0 Å². The van der Waals surface area contributed by atoms with Gasteiger partial charge in [0.2, 0.25) is 0 Å². The number of aryl methyl sites for hydroxylation is 1. The molecule has 0 aliphatic carbocycles. The molecule has 1 saturated heterocycles. The second-order valence-electron chi connectivity index (χ2n) is 7.57. The Bertz CT molecular complexity index is 1120. The molecule has 3 aromatic rings. The van der Waals surface area contributed by atoms with Gasteiger partial charge in [-0.2, -0.15) is 13.5 Å². The van der Waals surface area contributed by atoms with E-state index < -0.39 is 11.6 Å². The third kappa shape index (κ3) is 4.97. The normalized spacial score (nSPS) is 17.4. The highest BCUT2D eigenvalue weighted by Gasteiger charge is 2.33. The van der Waals surface area contributed by atoms with E-state index in [0.29, 0.717) is 35.6 Å². The van der Waals surface area contributed by atoms with Crippen molar-refractivity contribution in [2.45, 2.75) is 25.7 Å². The number of carbonyl (C=O) groups is 1. The maximum Gasteiger partial charge on any atom is 0.255 e. The monoisotopic (exact) mass is 558 g/mol. The minimum absolute atomic E-state index is 0. The molecular weight excluding hydrogens is 534 g/mol. The minimum atomic E-state index is -0.659. The van der Waals surface area contributed by atoms with Gasteiger partial charge in [-0.15, -0.1) is 0 Å². The van der Waals surface area contributed by atoms with Crippen LogP contribution in [0.25, 0.3) is 11.0 Å². The first-order chi connectivity index (χ1) is 14.2. The first kappa shape index (κ1) is 23.8. The summed E-state index contributed by atoms with van der Waals surface area (Å²) in [4.78, 5) is 17.5. The molecule has 0 bridgehead atoms. The summed E-state index contributed by atoms with van der Waals surface area (Å²) in [6, 6.07) is 8.47. The van der Waals surface area contributed by atoms with E-state index in [1.54, 1.807) is 36.0 Å². The number of benzene rings is 1. The van der Waals surface area contributed by atoms with Gasteiger partial charge in [-0.25, -0.2) is 9.37 Å². The molecule has 1 atom stereocenters. The summed E-state index contributed by atoms with van der Waals surface area (Å²) in [6.07, 6.45) is 1.42. The third-order valence-electron chi connectivity index (χ3n) is 4.91. The number of halogens is 2. The van der Waals surface area contributed by atoms with Crippen LogP contribution in [0.2, 0.25) is 0 Å². The van der Waals surface area contributed by atoms with Crippen LogP contribution in [0.4, 0.5) is 15.9 Å². The van der Waals surface area contributed by atoms with E-state index in [1.807, 2.05) is 19.9 Å². The van der Waals surface area contributed by atoms with Gasteiger partial charge in [0.25, 0.3) is 5.91 Å². The van der Waals surface area contributed by atoms with Gasteiger partial charge in [0, 0.05) is 28.7 Å². The van der Waals surface area contributed by atoms with Crippen LogP contribution in [0.1, 0.15) is 24.2 Å². The number of amides is 1. The standard InChI is InChI=1S/C21H22FIN4O3.H2S/c1-21(2)29-11-13(30-21)10-25-20(28)17-14-5-4-8-24-18(14)27(3)19(17)26-16-7-6-12(23)9-15(16)22;/h4-9,13,26H,10-11H2,1-3H3,(H,25,28);1H2/t13-;/m0./s1. The summed E-state index contributed by atoms with van der Waals surface area (Å²) in [5.41, 5.74) is 1.30. The van der Waals surface area contributed by atoms with Gasteiger partial charge in [-0.1, -0.05) is 0 Å². The lowest BCUT2D eigenvalue weighted by Gasteiger charge is -2.17. The number of ether oxygens (including phenoxy) is 2. The molecule has 0 unspecified atom stereocenters. The van der Waals surface area contributed by atoms with Crippen LogP contribution < -0.4 is 10.6 Å². The van der Waals surface area contributed by atoms with Crippen molar-refractivity contribution in [2.24, 2.45) is 7.05 Å². The fourth-order valence-corrected chi connectivity index (χ4v) is 3.97. The Balaban J connectivity index is 0.00000272. The van der Waals surface area contributed by atoms with E-state index in [1.165, 1.54) is 6.07 Å². The largest absolute Gasteiger partial charge is 0.349 e. The van der Waals surface area contributed by atoms with Crippen LogP contribution in [-0.4, -0.2) is 40.5 Å². The molecule has 4 rings (SSSR count). The summed E-state index contributed by atoms with van der Waals surface area (Å²) in [7, 11) is 1.79. The van der Waals surface area contributed by atoms with E-state index in [9.17, 15) is 9.18 Å².